The maximum atomic E-state index is 4.91. The summed E-state index contributed by atoms with van der Waals surface area (Å²) in [5, 5.41) is 0. The number of hydrogen-bond donors (Lipinski definition) is 0. The van der Waals surface area contributed by atoms with E-state index in [4.69, 9.17) is 33.7 Å². The summed E-state index contributed by atoms with van der Waals surface area (Å²) in [4.78, 5) is 0. The molecule has 0 aliphatic heterocycles. The molecule has 0 aromatic rings. The van der Waals surface area contributed by atoms with Crippen LogP contribution in [0.1, 0.15) is 0 Å². The lowest BCUT2D eigenvalue weighted by Crippen LogP contribution is -0.958. The van der Waals surface area contributed by atoms with Crippen LogP contribution in [0.3, 0.4) is 0 Å². The summed E-state index contributed by atoms with van der Waals surface area (Å²) in [5.41, 5.74) is 0. The molecule has 0 aromatic carbocycles. The minimum Gasteiger partial charge on any atom is 0.125 e. The van der Waals surface area contributed by atoms with E-state index in [0.717, 1.165) is 0 Å². The molecule has 0 spiro atoms. The van der Waals surface area contributed by atoms with E-state index in [1.165, 1.54) is 0 Å². The third-order valence-electron chi connectivity index (χ3n) is 0. The molecule has 0 aromatic heterocycles. The van der Waals surface area contributed by atoms with E-state index in [1.54, 1.807) is 0 Å². The van der Waals surface area contributed by atoms with Crippen LogP contribution >= 0.6 is 39.7 Å². The van der Waals surface area contributed by atoms with Crippen LogP contribution in [0, 0.1) is 0 Å². The topological polar surface area (TPSA) is 0 Å². The van der Waals surface area contributed by atoms with Crippen molar-refractivity contribution < 1.29 is 0 Å². The monoisotopic (exact) mass is 137 g/mol. The number of halogens is 3. The highest BCUT2D eigenvalue weighted by atomic mass is 36.0. The Bertz CT molecular complexity index is 8.00. The molecule has 0 saturated carbocycles. The molecule has 0 radical (unpaired) electrons. The molecule has 0 atom stereocenters. The molecule has 0 nitrogen and oxygen atoms in total. The predicted octanol–water partition coefficient (Wildman–Crippen LogP) is 2.66. The highest BCUT2D eigenvalue weighted by Crippen LogP contribution is 2.51. The van der Waals surface area contributed by atoms with Gasteiger partial charge in [-0.3, -0.25) is 0 Å². The molecule has 0 aliphatic rings. The summed E-state index contributed by atoms with van der Waals surface area (Å²) in [6, 6.07) is 0. The molecule has 0 rings (SSSR count). The van der Waals surface area contributed by atoms with Crippen molar-refractivity contribution in [3.05, 3.63) is 0 Å². The van der Waals surface area contributed by atoms with E-state index in [-0.39, 0.29) is 0 Å². The SMILES string of the molecule is Cl[PH+](Cl)Cl. The molecule has 4 heteroatoms. The molecule has 0 aliphatic carbocycles. The van der Waals surface area contributed by atoms with Gasteiger partial charge in [0.2, 0.25) is 0 Å². The van der Waals surface area contributed by atoms with E-state index in [9.17, 15) is 0 Å². The summed E-state index contributed by atoms with van der Waals surface area (Å²) in [7, 11) is 0. The van der Waals surface area contributed by atoms with Crippen LogP contribution in [0.5, 0.6) is 0 Å². The van der Waals surface area contributed by atoms with Gasteiger partial charge in [0, 0.05) is 0 Å². The van der Waals surface area contributed by atoms with Crippen LogP contribution in [0.2, 0.25) is 0 Å². The molecule has 26 valence electrons. The van der Waals surface area contributed by atoms with Crippen molar-refractivity contribution >= 4 is 39.7 Å². The first-order valence-corrected chi connectivity index (χ1v) is 5.10. The van der Waals surface area contributed by atoms with E-state index < -0.39 is 5.98 Å². The summed E-state index contributed by atoms with van der Waals surface area (Å²) >= 11 is 14.7. The molecule has 0 bridgehead atoms. The maximum Gasteiger partial charge on any atom is 0.296 e. The smallest absolute Gasteiger partial charge is 0.125 e. The summed E-state index contributed by atoms with van der Waals surface area (Å²) in [6.07, 6.45) is 0. The summed E-state index contributed by atoms with van der Waals surface area (Å²) in [6.45, 7) is 0. The Kier molecular flexibility index (Phi) is 3.36. The van der Waals surface area contributed by atoms with Crippen LogP contribution < -0.4 is 0 Å². The van der Waals surface area contributed by atoms with Crippen LogP contribution in [-0.4, -0.2) is 0 Å². The van der Waals surface area contributed by atoms with Crippen LogP contribution in [0.25, 0.3) is 0 Å². The highest BCUT2D eigenvalue weighted by molar-refractivity contribution is 8.20. The second kappa shape index (κ2) is 2.53. The fourth-order valence-electron chi connectivity index (χ4n) is 0. The molecule has 0 unspecified atom stereocenters. The minimum absolute atomic E-state index is 1.46. The first kappa shape index (κ1) is 5.30. The zero-order valence-corrected chi connectivity index (χ0v) is 4.90. The second-order valence-corrected chi connectivity index (χ2v) is 5.79. The summed E-state index contributed by atoms with van der Waals surface area (Å²) < 4.78 is 0. The Labute approximate surface area is 40.2 Å². The Morgan fingerprint density at radius 2 is 1.00 bits per heavy atom. The van der Waals surface area contributed by atoms with E-state index in [2.05, 4.69) is 0 Å². The molecule has 4 heavy (non-hydrogen) atoms. The molecule has 0 N–H and O–H groups in total. The minimum atomic E-state index is -1.46. The van der Waals surface area contributed by atoms with Gasteiger partial charge in [0.05, 0.1) is 0 Å². The Morgan fingerprint density at radius 1 is 1.00 bits per heavy atom. The van der Waals surface area contributed by atoms with E-state index in [0.29, 0.717) is 0 Å². The lowest BCUT2D eigenvalue weighted by molar-refractivity contribution is 4.58. The zero-order valence-electron chi connectivity index (χ0n) is 1.63. The number of rotatable bonds is 0. The van der Waals surface area contributed by atoms with Gasteiger partial charge in [-0.1, -0.05) is 0 Å². The average Bonchev–Trinajstić information content (AvgIpc) is 0.811. The fraction of sp³-hybridized carbons (Fsp3) is 0. The lowest BCUT2D eigenvalue weighted by atomic mass is 30.4. The third kappa shape index (κ3) is 10.3. The molecular weight excluding hydrogens is 137 g/mol. The predicted molar refractivity (Wildman–Crippen MR) is 25.9 cm³/mol. The third-order valence-corrected chi connectivity index (χ3v) is 0. The van der Waals surface area contributed by atoms with Crippen molar-refractivity contribution in [3.63, 3.8) is 0 Å². The van der Waals surface area contributed by atoms with Gasteiger partial charge in [-0.15, -0.1) is 0 Å². The first-order chi connectivity index (χ1) is 1.73. The van der Waals surface area contributed by atoms with Gasteiger partial charge in [0.1, 0.15) is 33.7 Å². The van der Waals surface area contributed by atoms with Gasteiger partial charge < -0.3 is 0 Å². The van der Waals surface area contributed by atoms with Crippen molar-refractivity contribution in [1.29, 1.82) is 0 Å². The van der Waals surface area contributed by atoms with Crippen LogP contribution in [-0.2, 0) is 0 Å². The average molecular weight is 138 g/mol. The van der Waals surface area contributed by atoms with Gasteiger partial charge >= 0.3 is 0 Å². The Balaban J connectivity index is 2.32. The fourth-order valence-corrected chi connectivity index (χ4v) is 0. The van der Waals surface area contributed by atoms with Gasteiger partial charge in [-0.05, 0) is 0 Å². The van der Waals surface area contributed by atoms with E-state index in [1.807, 2.05) is 0 Å². The van der Waals surface area contributed by atoms with Crippen molar-refractivity contribution in [2.75, 3.05) is 0 Å². The van der Waals surface area contributed by atoms with Crippen molar-refractivity contribution in [2.24, 2.45) is 0 Å². The van der Waals surface area contributed by atoms with Gasteiger partial charge in [-0.2, -0.15) is 0 Å². The number of hydrogen-bond acceptors (Lipinski definition) is 0. The largest absolute Gasteiger partial charge is 0.296 e. The molecule has 0 amide bonds. The van der Waals surface area contributed by atoms with Gasteiger partial charge in [0.25, 0.3) is 5.98 Å². The highest BCUT2D eigenvalue weighted by Gasteiger charge is 1.95. The molecule has 0 fully saturated rings. The second-order valence-electron chi connectivity index (χ2n) is 0.214. The molecule has 0 heterocycles. The van der Waals surface area contributed by atoms with Crippen LogP contribution in [0.4, 0.5) is 0 Å². The quantitative estimate of drug-likeness (QED) is 0.451. The molecular formula is HCl3P+. The van der Waals surface area contributed by atoms with E-state index >= 15 is 0 Å². The van der Waals surface area contributed by atoms with Gasteiger partial charge in [0.15, 0.2) is 0 Å². The van der Waals surface area contributed by atoms with Gasteiger partial charge in [-0.25, -0.2) is 0 Å². The Hall–Kier alpha value is 1.30. The van der Waals surface area contributed by atoms with Crippen molar-refractivity contribution in [3.8, 4) is 0 Å². The molecule has 0 saturated heterocycles. The normalized spacial score (nSPS) is 9.00. The van der Waals surface area contributed by atoms with Crippen LogP contribution in [0.15, 0.2) is 0 Å². The van der Waals surface area contributed by atoms with Crippen molar-refractivity contribution in [1.82, 2.24) is 0 Å². The summed E-state index contributed by atoms with van der Waals surface area (Å²) in [5.74, 6) is -1.46. The standard InChI is InChI=1S/Cl3P/c1-4(2)3/p+1. The zero-order chi connectivity index (χ0) is 3.58. The first-order valence-electron chi connectivity index (χ1n) is 0.567. The maximum absolute atomic E-state index is 4.91. The lowest BCUT2D eigenvalue weighted by Gasteiger charge is -1.52. The Morgan fingerprint density at radius 3 is 1.00 bits per heavy atom. The van der Waals surface area contributed by atoms with Crippen molar-refractivity contribution in [2.45, 2.75) is 0 Å².